The number of nitrogens with one attached hydrogen (secondary N) is 1. The van der Waals surface area contributed by atoms with Crippen LogP contribution in [0.2, 0.25) is 0 Å². The highest BCUT2D eigenvalue weighted by Crippen LogP contribution is 2.17. The van der Waals surface area contributed by atoms with Crippen LogP contribution in [0.1, 0.15) is 29.6 Å². The standard InChI is InChI=1S/C19H20N2O4/c1-21(16-9-3-2-4-10-16)19(25)14-7-5-8-15(13-14)20-17(22)11-6-12-18(23)24/h2-5,7-10,13H,6,11-12H2,1H3,(H,20,22)(H,23,24). The first-order valence-corrected chi connectivity index (χ1v) is 7.92. The SMILES string of the molecule is CN(C(=O)c1cccc(NC(=O)CCCC(=O)O)c1)c1ccccc1. The van der Waals surface area contributed by atoms with Crippen molar-refractivity contribution in [3.05, 3.63) is 60.2 Å². The van der Waals surface area contributed by atoms with Crippen molar-refractivity contribution in [3.8, 4) is 0 Å². The summed E-state index contributed by atoms with van der Waals surface area (Å²) in [5.41, 5.74) is 1.73. The molecule has 0 saturated carbocycles. The first-order valence-electron chi connectivity index (χ1n) is 7.92. The average molecular weight is 340 g/mol. The molecule has 2 aromatic carbocycles. The predicted octanol–water partition coefficient (Wildman–Crippen LogP) is 3.16. The molecule has 6 heteroatoms. The molecule has 2 rings (SSSR count). The third-order valence-electron chi connectivity index (χ3n) is 3.64. The van der Waals surface area contributed by atoms with Gasteiger partial charge < -0.3 is 15.3 Å². The van der Waals surface area contributed by atoms with Gasteiger partial charge in [-0.15, -0.1) is 0 Å². The molecule has 2 aromatic rings. The molecule has 2 N–H and O–H groups in total. The maximum absolute atomic E-state index is 12.6. The molecule has 0 aliphatic heterocycles. The fourth-order valence-corrected chi connectivity index (χ4v) is 2.32. The molecule has 0 saturated heterocycles. The molecule has 0 atom stereocenters. The van der Waals surface area contributed by atoms with Crippen LogP contribution in [0.25, 0.3) is 0 Å². The molecule has 0 bridgehead atoms. The van der Waals surface area contributed by atoms with Gasteiger partial charge in [0.2, 0.25) is 5.91 Å². The lowest BCUT2D eigenvalue weighted by Crippen LogP contribution is -2.26. The van der Waals surface area contributed by atoms with Gasteiger partial charge in [0.25, 0.3) is 5.91 Å². The molecule has 0 aliphatic carbocycles. The number of nitrogens with zero attached hydrogens (tertiary/aromatic N) is 1. The second kappa shape index (κ2) is 8.63. The predicted molar refractivity (Wildman–Crippen MR) is 95.7 cm³/mol. The van der Waals surface area contributed by atoms with E-state index in [-0.39, 0.29) is 31.1 Å². The van der Waals surface area contributed by atoms with E-state index in [1.807, 2.05) is 30.3 Å². The molecule has 0 aliphatic rings. The van der Waals surface area contributed by atoms with Crippen molar-refractivity contribution in [2.75, 3.05) is 17.3 Å². The molecule has 0 heterocycles. The summed E-state index contributed by atoms with van der Waals surface area (Å²) in [6, 6.07) is 15.9. The molecule has 0 fully saturated rings. The number of aliphatic carboxylic acids is 1. The van der Waals surface area contributed by atoms with Crippen molar-refractivity contribution in [1.29, 1.82) is 0 Å². The molecule has 0 aromatic heterocycles. The molecule has 0 unspecified atom stereocenters. The van der Waals surface area contributed by atoms with Crippen LogP contribution in [0.4, 0.5) is 11.4 Å². The largest absolute Gasteiger partial charge is 0.481 e. The van der Waals surface area contributed by atoms with Crippen LogP contribution in [0.3, 0.4) is 0 Å². The highest BCUT2D eigenvalue weighted by Gasteiger charge is 2.14. The minimum Gasteiger partial charge on any atom is -0.481 e. The summed E-state index contributed by atoms with van der Waals surface area (Å²) in [5.74, 6) is -1.39. The number of hydrogen-bond acceptors (Lipinski definition) is 3. The minimum atomic E-state index is -0.927. The van der Waals surface area contributed by atoms with E-state index in [9.17, 15) is 14.4 Å². The van der Waals surface area contributed by atoms with E-state index in [0.717, 1.165) is 5.69 Å². The fourth-order valence-electron chi connectivity index (χ4n) is 2.32. The van der Waals surface area contributed by atoms with E-state index in [1.54, 1.807) is 31.3 Å². The zero-order valence-electron chi connectivity index (χ0n) is 13.9. The number of hydrogen-bond donors (Lipinski definition) is 2. The lowest BCUT2D eigenvalue weighted by Gasteiger charge is -2.17. The maximum Gasteiger partial charge on any atom is 0.303 e. The van der Waals surface area contributed by atoms with Gasteiger partial charge in [-0.1, -0.05) is 24.3 Å². The Labute approximate surface area is 146 Å². The first kappa shape index (κ1) is 18.2. The Morgan fingerprint density at radius 1 is 1.00 bits per heavy atom. The van der Waals surface area contributed by atoms with Gasteiger partial charge in [-0.3, -0.25) is 14.4 Å². The molecule has 6 nitrogen and oxygen atoms in total. The second-order valence-corrected chi connectivity index (χ2v) is 5.58. The van der Waals surface area contributed by atoms with Gasteiger partial charge in [0, 0.05) is 36.8 Å². The zero-order valence-corrected chi connectivity index (χ0v) is 13.9. The smallest absolute Gasteiger partial charge is 0.303 e. The number of rotatable bonds is 7. The Balaban J connectivity index is 2.01. The number of para-hydroxylation sites is 1. The molecule has 2 amide bonds. The Morgan fingerprint density at radius 2 is 1.72 bits per heavy atom. The third-order valence-corrected chi connectivity index (χ3v) is 3.64. The summed E-state index contributed by atoms with van der Waals surface area (Å²) >= 11 is 0. The van der Waals surface area contributed by atoms with Crippen LogP contribution in [-0.4, -0.2) is 29.9 Å². The van der Waals surface area contributed by atoms with Gasteiger partial charge in [-0.25, -0.2) is 0 Å². The molecule has 0 radical (unpaired) electrons. The van der Waals surface area contributed by atoms with Crippen LogP contribution in [0, 0.1) is 0 Å². The number of carbonyl (C=O) groups is 3. The Morgan fingerprint density at radius 3 is 2.40 bits per heavy atom. The van der Waals surface area contributed by atoms with E-state index in [1.165, 1.54) is 4.90 Å². The van der Waals surface area contributed by atoms with Crippen molar-refractivity contribution in [1.82, 2.24) is 0 Å². The number of amides is 2. The normalized spacial score (nSPS) is 10.1. The number of carbonyl (C=O) groups excluding carboxylic acids is 2. The van der Waals surface area contributed by atoms with Crippen molar-refractivity contribution in [2.45, 2.75) is 19.3 Å². The summed E-state index contributed by atoms with van der Waals surface area (Å²) in [5, 5.41) is 11.3. The minimum absolute atomic E-state index is 0.0478. The van der Waals surface area contributed by atoms with Gasteiger partial charge in [0.1, 0.15) is 0 Å². The Hall–Kier alpha value is -3.15. The van der Waals surface area contributed by atoms with Gasteiger partial charge in [0.15, 0.2) is 0 Å². The van der Waals surface area contributed by atoms with Crippen molar-refractivity contribution < 1.29 is 19.5 Å². The molecular weight excluding hydrogens is 320 g/mol. The van der Waals surface area contributed by atoms with Gasteiger partial charge in [0.05, 0.1) is 0 Å². The summed E-state index contributed by atoms with van der Waals surface area (Å²) in [6.45, 7) is 0. The highest BCUT2D eigenvalue weighted by molar-refractivity contribution is 6.06. The van der Waals surface area contributed by atoms with Gasteiger partial charge in [-0.05, 0) is 36.8 Å². The van der Waals surface area contributed by atoms with Crippen LogP contribution in [0.5, 0.6) is 0 Å². The summed E-state index contributed by atoms with van der Waals surface area (Å²) < 4.78 is 0. The lowest BCUT2D eigenvalue weighted by atomic mass is 10.1. The van der Waals surface area contributed by atoms with E-state index < -0.39 is 5.97 Å². The molecule has 0 spiro atoms. The zero-order chi connectivity index (χ0) is 18.2. The topological polar surface area (TPSA) is 86.7 Å². The number of benzene rings is 2. The van der Waals surface area contributed by atoms with E-state index >= 15 is 0 Å². The maximum atomic E-state index is 12.6. The average Bonchev–Trinajstić information content (AvgIpc) is 2.61. The second-order valence-electron chi connectivity index (χ2n) is 5.58. The van der Waals surface area contributed by atoms with Crippen molar-refractivity contribution in [2.24, 2.45) is 0 Å². The Bertz CT molecular complexity index is 759. The quantitative estimate of drug-likeness (QED) is 0.810. The lowest BCUT2D eigenvalue weighted by molar-refractivity contribution is -0.137. The van der Waals surface area contributed by atoms with E-state index in [2.05, 4.69) is 5.32 Å². The van der Waals surface area contributed by atoms with Crippen LogP contribution in [0.15, 0.2) is 54.6 Å². The van der Waals surface area contributed by atoms with Gasteiger partial charge in [-0.2, -0.15) is 0 Å². The third kappa shape index (κ3) is 5.46. The summed E-state index contributed by atoms with van der Waals surface area (Å²) in [6.07, 6.45) is 0.346. The summed E-state index contributed by atoms with van der Waals surface area (Å²) in [4.78, 5) is 36.4. The molecule has 130 valence electrons. The first-order chi connectivity index (χ1) is 12.0. The van der Waals surface area contributed by atoms with Crippen LogP contribution >= 0.6 is 0 Å². The van der Waals surface area contributed by atoms with Crippen LogP contribution in [-0.2, 0) is 9.59 Å². The van der Waals surface area contributed by atoms with E-state index in [4.69, 9.17) is 5.11 Å². The molecule has 25 heavy (non-hydrogen) atoms. The molecular formula is C19H20N2O4. The van der Waals surface area contributed by atoms with Gasteiger partial charge >= 0.3 is 5.97 Å². The van der Waals surface area contributed by atoms with Crippen LogP contribution < -0.4 is 10.2 Å². The highest BCUT2D eigenvalue weighted by atomic mass is 16.4. The van der Waals surface area contributed by atoms with E-state index in [0.29, 0.717) is 11.3 Å². The van der Waals surface area contributed by atoms with Crippen molar-refractivity contribution in [3.63, 3.8) is 0 Å². The monoisotopic (exact) mass is 340 g/mol. The Kier molecular flexibility index (Phi) is 6.28. The summed E-state index contributed by atoms with van der Waals surface area (Å²) in [7, 11) is 1.69. The number of carboxylic acids is 1. The fraction of sp³-hybridized carbons (Fsp3) is 0.211. The van der Waals surface area contributed by atoms with Crippen molar-refractivity contribution >= 4 is 29.2 Å². The number of carboxylic acid groups (broad SMARTS) is 1. The number of anilines is 2.